The van der Waals surface area contributed by atoms with Gasteiger partial charge in [-0.2, -0.15) is 0 Å². The Morgan fingerprint density at radius 1 is 1.23 bits per heavy atom. The van der Waals surface area contributed by atoms with Gasteiger partial charge in [0.2, 0.25) is 5.91 Å². The minimum absolute atomic E-state index is 0.268. The average molecular weight is 421 g/mol. The summed E-state index contributed by atoms with van der Waals surface area (Å²) >= 11 is 3.30. The first-order chi connectivity index (χ1) is 12.3. The van der Waals surface area contributed by atoms with Gasteiger partial charge in [-0.1, -0.05) is 0 Å². The molecule has 0 N–H and O–H groups in total. The van der Waals surface area contributed by atoms with Crippen LogP contribution in [0.2, 0.25) is 0 Å². The molecule has 3 aromatic rings. The van der Waals surface area contributed by atoms with E-state index >= 15 is 0 Å². The lowest BCUT2D eigenvalue weighted by Crippen LogP contribution is -2.45. The van der Waals surface area contributed by atoms with E-state index in [9.17, 15) is 14.4 Å². The van der Waals surface area contributed by atoms with E-state index in [0.29, 0.717) is 12.4 Å². The van der Waals surface area contributed by atoms with Gasteiger partial charge in [-0.15, -0.1) is 0 Å². The first-order valence-corrected chi connectivity index (χ1v) is 8.67. The summed E-state index contributed by atoms with van der Waals surface area (Å²) in [5, 5.41) is 0. The van der Waals surface area contributed by atoms with E-state index in [2.05, 4.69) is 25.9 Å². The Kier molecular flexibility index (Phi) is 4.77. The van der Waals surface area contributed by atoms with Gasteiger partial charge in [0.1, 0.15) is 12.4 Å². The van der Waals surface area contributed by atoms with Crippen molar-refractivity contribution in [2.45, 2.75) is 13.5 Å². The van der Waals surface area contributed by atoms with Crippen LogP contribution in [0, 0.1) is 0 Å². The fraction of sp³-hybridized carbons (Fsp3) is 0.312. The van der Waals surface area contributed by atoms with Gasteiger partial charge in [0.15, 0.2) is 11.2 Å². The van der Waals surface area contributed by atoms with E-state index in [1.807, 2.05) is 0 Å². The molecule has 136 valence electrons. The number of amides is 1. The number of pyridine rings is 1. The number of likely N-dealkylation sites (N-methyl/N-ethyl adjacent to an activating group) is 1. The van der Waals surface area contributed by atoms with Crippen molar-refractivity contribution in [2.75, 3.05) is 11.4 Å². The number of anilines is 1. The molecule has 0 saturated carbocycles. The van der Waals surface area contributed by atoms with Crippen molar-refractivity contribution in [2.24, 2.45) is 14.1 Å². The predicted molar refractivity (Wildman–Crippen MR) is 100 cm³/mol. The minimum atomic E-state index is -0.589. The monoisotopic (exact) mass is 420 g/mol. The zero-order chi connectivity index (χ0) is 19.0. The van der Waals surface area contributed by atoms with Crippen molar-refractivity contribution in [3.63, 3.8) is 0 Å². The number of hydrogen-bond donors (Lipinski definition) is 0. The molecule has 0 bridgehead atoms. The number of imidazole rings is 1. The summed E-state index contributed by atoms with van der Waals surface area (Å²) in [4.78, 5) is 47.7. The van der Waals surface area contributed by atoms with Crippen LogP contribution in [0.25, 0.3) is 11.2 Å². The van der Waals surface area contributed by atoms with Crippen molar-refractivity contribution in [1.29, 1.82) is 0 Å². The molecule has 0 fully saturated rings. The van der Waals surface area contributed by atoms with Crippen molar-refractivity contribution >= 4 is 38.8 Å². The minimum Gasteiger partial charge on any atom is -0.328 e. The lowest BCUT2D eigenvalue weighted by atomic mass is 10.4. The van der Waals surface area contributed by atoms with Crippen LogP contribution in [-0.4, -0.2) is 36.1 Å². The SMILES string of the molecule is CCN(C(=O)Cn1c(=O)c2c(ncn2C)n(C)c1=O)c1ccc(Br)cn1. The highest BCUT2D eigenvalue weighted by Gasteiger charge is 2.21. The molecule has 0 radical (unpaired) electrons. The third-order valence-electron chi connectivity index (χ3n) is 4.10. The number of rotatable bonds is 4. The zero-order valence-electron chi connectivity index (χ0n) is 14.5. The van der Waals surface area contributed by atoms with Crippen LogP contribution in [0.1, 0.15) is 6.92 Å². The third-order valence-corrected chi connectivity index (χ3v) is 4.57. The van der Waals surface area contributed by atoms with Crippen LogP contribution in [0.3, 0.4) is 0 Å². The molecule has 0 aliphatic carbocycles. The number of hydrogen-bond acceptors (Lipinski definition) is 5. The van der Waals surface area contributed by atoms with E-state index in [0.717, 1.165) is 9.04 Å². The lowest BCUT2D eigenvalue weighted by molar-refractivity contribution is -0.119. The number of carbonyl (C=O) groups excluding carboxylic acids is 1. The summed E-state index contributed by atoms with van der Waals surface area (Å²) < 4.78 is 4.51. The molecular formula is C16H17BrN6O3. The van der Waals surface area contributed by atoms with Crippen LogP contribution in [0.15, 0.2) is 38.7 Å². The standard InChI is InChI=1S/C16H17BrN6O3/c1-4-22(11-6-5-10(17)7-18-11)12(24)8-23-15(25)13-14(19-9-20(13)2)21(3)16(23)26/h5-7,9H,4,8H2,1-3H3. The van der Waals surface area contributed by atoms with Crippen LogP contribution >= 0.6 is 15.9 Å². The summed E-state index contributed by atoms with van der Waals surface area (Å²) in [6.45, 7) is 1.78. The Morgan fingerprint density at radius 3 is 2.58 bits per heavy atom. The molecule has 3 heterocycles. The highest BCUT2D eigenvalue weighted by Crippen LogP contribution is 2.15. The predicted octanol–water partition coefficient (Wildman–Crippen LogP) is 0.644. The second kappa shape index (κ2) is 6.87. The maximum atomic E-state index is 12.7. The maximum Gasteiger partial charge on any atom is 0.332 e. The van der Waals surface area contributed by atoms with E-state index in [4.69, 9.17) is 0 Å². The van der Waals surface area contributed by atoms with Crippen LogP contribution in [0.4, 0.5) is 5.82 Å². The lowest BCUT2D eigenvalue weighted by Gasteiger charge is -2.20. The molecule has 0 aromatic carbocycles. The van der Waals surface area contributed by atoms with Gasteiger partial charge in [-0.3, -0.25) is 19.1 Å². The average Bonchev–Trinajstić information content (AvgIpc) is 3.01. The Morgan fingerprint density at radius 2 is 1.96 bits per heavy atom. The van der Waals surface area contributed by atoms with Crippen molar-refractivity contribution < 1.29 is 4.79 Å². The molecule has 26 heavy (non-hydrogen) atoms. The number of fused-ring (bicyclic) bond motifs is 1. The van der Waals surface area contributed by atoms with Crippen molar-refractivity contribution in [3.05, 3.63) is 50.0 Å². The fourth-order valence-corrected chi connectivity index (χ4v) is 2.98. The molecule has 1 amide bonds. The number of halogens is 1. The van der Waals surface area contributed by atoms with Gasteiger partial charge in [0, 0.05) is 31.3 Å². The third kappa shape index (κ3) is 2.96. The van der Waals surface area contributed by atoms with Crippen LogP contribution < -0.4 is 16.1 Å². The molecular weight excluding hydrogens is 404 g/mol. The summed E-state index contributed by atoms with van der Waals surface area (Å²) in [6.07, 6.45) is 3.04. The zero-order valence-corrected chi connectivity index (χ0v) is 16.1. The van der Waals surface area contributed by atoms with E-state index in [1.165, 1.54) is 27.4 Å². The molecule has 0 aliphatic rings. The fourth-order valence-electron chi connectivity index (χ4n) is 2.75. The van der Waals surface area contributed by atoms with Crippen LogP contribution in [-0.2, 0) is 25.4 Å². The van der Waals surface area contributed by atoms with Gasteiger partial charge in [0.25, 0.3) is 5.56 Å². The largest absolute Gasteiger partial charge is 0.332 e. The summed E-state index contributed by atoms with van der Waals surface area (Å²) in [5.74, 6) is 0.0511. The summed E-state index contributed by atoms with van der Waals surface area (Å²) in [7, 11) is 3.18. The van der Waals surface area contributed by atoms with Gasteiger partial charge in [0.05, 0.1) is 6.33 Å². The van der Waals surface area contributed by atoms with Gasteiger partial charge < -0.3 is 4.57 Å². The summed E-state index contributed by atoms with van der Waals surface area (Å²) in [6, 6.07) is 3.46. The second-order valence-corrected chi connectivity index (χ2v) is 6.65. The Hall–Kier alpha value is -2.75. The maximum absolute atomic E-state index is 12.7. The van der Waals surface area contributed by atoms with Gasteiger partial charge >= 0.3 is 5.69 Å². The van der Waals surface area contributed by atoms with Gasteiger partial charge in [-0.25, -0.2) is 19.3 Å². The highest BCUT2D eigenvalue weighted by atomic mass is 79.9. The van der Waals surface area contributed by atoms with E-state index in [1.54, 1.807) is 32.3 Å². The van der Waals surface area contributed by atoms with Crippen LogP contribution in [0.5, 0.6) is 0 Å². The second-order valence-electron chi connectivity index (χ2n) is 5.73. The summed E-state index contributed by atoms with van der Waals surface area (Å²) in [5.41, 5.74) is -0.580. The Bertz CT molecular complexity index is 1100. The number of aromatic nitrogens is 5. The molecule has 0 spiro atoms. The van der Waals surface area contributed by atoms with E-state index < -0.39 is 17.2 Å². The molecule has 0 saturated heterocycles. The Balaban J connectivity index is 2.04. The Labute approximate surface area is 156 Å². The number of carbonyl (C=O) groups is 1. The van der Waals surface area contributed by atoms with E-state index in [-0.39, 0.29) is 17.7 Å². The molecule has 9 nitrogen and oxygen atoms in total. The molecule has 3 rings (SSSR count). The van der Waals surface area contributed by atoms with Crippen molar-refractivity contribution in [3.8, 4) is 0 Å². The van der Waals surface area contributed by atoms with Crippen molar-refractivity contribution in [1.82, 2.24) is 23.7 Å². The molecule has 0 unspecified atom stereocenters. The first-order valence-electron chi connectivity index (χ1n) is 7.88. The number of aryl methyl sites for hydroxylation is 2. The number of nitrogens with zero attached hydrogens (tertiary/aromatic N) is 6. The quantitative estimate of drug-likeness (QED) is 0.617. The topological polar surface area (TPSA) is 95.0 Å². The molecule has 10 heteroatoms. The smallest absolute Gasteiger partial charge is 0.328 e. The highest BCUT2D eigenvalue weighted by molar-refractivity contribution is 9.10. The normalized spacial score (nSPS) is 11.1. The molecule has 3 aromatic heterocycles. The first kappa shape index (κ1) is 18.1. The molecule has 0 atom stereocenters. The van der Waals surface area contributed by atoms with Gasteiger partial charge in [-0.05, 0) is 35.0 Å². The molecule has 0 aliphatic heterocycles.